The average Bonchev–Trinajstić information content (AvgIpc) is 2.70. The van der Waals surface area contributed by atoms with Crippen LogP contribution in [0.1, 0.15) is 33.1 Å². The van der Waals surface area contributed by atoms with Gasteiger partial charge in [-0.05, 0) is 26.7 Å². The Morgan fingerprint density at radius 2 is 2.16 bits per heavy atom. The van der Waals surface area contributed by atoms with Gasteiger partial charge < -0.3 is 20.9 Å². The van der Waals surface area contributed by atoms with Gasteiger partial charge in [-0.25, -0.2) is 0 Å². The summed E-state index contributed by atoms with van der Waals surface area (Å²) in [7, 11) is 0. The van der Waals surface area contributed by atoms with Gasteiger partial charge in [0.05, 0.1) is 12.2 Å². The van der Waals surface area contributed by atoms with E-state index in [2.05, 4.69) is 20.3 Å². The third-order valence-electron chi connectivity index (χ3n) is 3.11. The number of nitrogen functional groups attached to an aromatic ring is 1. The second-order valence-electron chi connectivity index (χ2n) is 5.11. The lowest BCUT2D eigenvalue weighted by Gasteiger charge is -2.15. The fourth-order valence-electron chi connectivity index (χ4n) is 2.19. The van der Waals surface area contributed by atoms with Crippen LogP contribution in [-0.2, 0) is 0 Å². The van der Waals surface area contributed by atoms with Crippen LogP contribution in [0, 0.1) is 5.92 Å². The Kier molecular flexibility index (Phi) is 4.36. The minimum Gasteiger partial charge on any atom is -0.461 e. The Bertz CT molecular complexity index is 427. The smallest absolute Gasteiger partial charge is 0.323 e. The molecule has 2 rings (SSSR count). The summed E-state index contributed by atoms with van der Waals surface area (Å²) in [5.41, 5.74) is 5.61. The first kappa shape index (κ1) is 13.8. The number of nitrogens with zero attached hydrogens (tertiary/aromatic N) is 3. The van der Waals surface area contributed by atoms with Crippen molar-refractivity contribution in [1.82, 2.24) is 15.0 Å². The van der Waals surface area contributed by atoms with Gasteiger partial charge in [0.15, 0.2) is 0 Å². The summed E-state index contributed by atoms with van der Waals surface area (Å²) in [6.45, 7) is 4.41. The largest absolute Gasteiger partial charge is 0.461 e. The Morgan fingerprint density at radius 3 is 2.79 bits per heavy atom. The van der Waals surface area contributed by atoms with E-state index in [4.69, 9.17) is 10.5 Å². The number of nitrogens with one attached hydrogen (secondary N) is 1. The summed E-state index contributed by atoms with van der Waals surface area (Å²) in [6, 6.07) is 0.219. The number of aliphatic hydroxyl groups excluding tert-OH is 1. The van der Waals surface area contributed by atoms with Gasteiger partial charge in [0.2, 0.25) is 11.9 Å². The molecular weight excluding hydrogens is 246 g/mol. The molecule has 0 spiro atoms. The number of aliphatic hydroxyl groups is 1. The van der Waals surface area contributed by atoms with E-state index >= 15 is 0 Å². The fourth-order valence-corrected chi connectivity index (χ4v) is 2.19. The van der Waals surface area contributed by atoms with Gasteiger partial charge in [0.1, 0.15) is 0 Å². The molecule has 1 heterocycles. The molecular formula is C12H21N5O2. The molecule has 19 heavy (non-hydrogen) atoms. The van der Waals surface area contributed by atoms with Crippen LogP contribution in [0.5, 0.6) is 6.01 Å². The van der Waals surface area contributed by atoms with Gasteiger partial charge in [-0.3, -0.25) is 0 Å². The lowest BCUT2D eigenvalue weighted by Crippen LogP contribution is -2.23. The quantitative estimate of drug-likeness (QED) is 0.724. The number of ether oxygens (including phenoxy) is 1. The van der Waals surface area contributed by atoms with E-state index in [1.165, 1.54) is 0 Å². The maximum Gasteiger partial charge on any atom is 0.323 e. The van der Waals surface area contributed by atoms with Crippen LogP contribution in [0.4, 0.5) is 11.9 Å². The lowest BCUT2D eigenvalue weighted by atomic mass is 10.1. The summed E-state index contributed by atoms with van der Waals surface area (Å²) in [4.78, 5) is 12.1. The SMILES string of the molecule is CC(C)Oc1nc(N)nc(NCC2CCCC2O)n1. The van der Waals surface area contributed by atoms with Gasteiger partial charge in [0.25, 0.3) is 0 Å². The number of hydrogen-bond donors (Lipinski definition) is 3. The van der Waals surface area contributed by atoms with Crippen molar-refractivity contribution in [1.29, 1.82) is 0 Å². The summed E-state index contributed by atoms with van der Waals surface area (Å²) in [5.74, 6) is 0.759. The van der Waals surface area contributed by atoms with Gasteiger partial charge in [-0.1, -0.05) is 6.42 Å². The number of hydrogen-bond acceptors (Lipinski definition) is 7. The maximum atomic E-state index is 9.75. The zero-order valence-electron chi connectivity index (χ0n) is 11.3. The molecule has 2 unspecified atom stereocenters. The normalized spacial score (nSPS) is 22.7. The van der Waals surface area contributed by atoms with E-state index in [9.17, 15) is 5.11 Å². The third kappa shape index (κ3) is 3.92. The third-order valence-corrected chi connectivity index (χ3v) is 3.11. The summed E-state index contributed by atoms with van der Waals surface area (Å²) >= 11 is 0. The molecule has 1 aliphatic carbocycles. The van der Waals surface area contributed by atoms with E-state index in [0.29, 0.717) is 12.5 Å². The van der Waals surface area contributed by atoms with Gasteiger partial charge >= 0.3 is 6.01 Å². The second-order valence-corrected chi connectivity index (χ2v) is 5.11. The summed E-state index contributed by atoms with van der Waals surface area (Å²) in [5, 5.41) is 12.8. The summed E-state index contributed by atoms with van der Waals surface area (Å²) in [6.07, 6.45) is 2.69. The number of aromatic nitrogens is 3. The first-order valence-electron chi connectivity index (χ1n) is 6.64. The van der Waals surface area contributed by atoms with E-state index in [0.717, 1.165) is 19.3 Å². The highest BCUT2D eigenvalue weighted by Gasteiger charge is 2.25. The topological polar surface area (TPSA) is 106 Å². The highest BCUT2D eigenvalue weighted by Crippen LogP contribution is 2.25. The lowest BCUT2D eigenvalue weighted by molar-refractivity contribution is 0.138. The zero-order chi connectivity index (χ0) is 13.8. The van der Waals surface area contributed by atoms with Crippen molar-refractivity contribution in [3.8, 4) is 6.01 Å². The Labute approximate surface area is 112 Å². The molecule has 0 aliphatic heterocycles. The molecule has 2 atom stereocenters. The molecule has 7 nitrogen and oxygen atoms in total. The van der Waals surface area contributed by atoms with Gasteiger partial charge in [-0.15, -0.1) is 0 Å². The van der Waals surface area contributed by atoms with Gasteiger partial charge in [-0.2, -0.15) is 15.0 Å². The molecule has 0 saturated heterocycles. The van der Waals surface area contributed by atoms with E-state index in [1.807, 2.05) is 13.8 Å². The van der Waals surface area contributed by atoms with Crippen LogP contribution < -0.4 is 15.8 Å². The number of nitrogens with two attached hydrogens (primary N) is 1. The van der Waals surface area contributed by atoms with Crippen LogP contribution in [0.25, 0.3) is 0 Å². The standard InChI is InChI=1S/C12H21N5O2/c1-7(2)19-12-16-10(13)15-11(17-12)14-6-8-4-3-5-9(8)18/h7-9,18H,3-6H2,1-2H3,(H3,13,14,15,16,17). The molecule has 4 N–H and O–H groups in total. The van der Waals surface area contributed by atoms with Crippen LogP contribution in [0.3, 0.4) is 0 Å². The first-order valence-corrected chi connectivity index (χ1v) is 6.64. The van der Waals surface area contributed by atoms with E-state index < -0.39 is 0 Å². The molecule has 0 bridgehead atoms. The van der Waals surface area contributed by atoms with Crippen molar-refractivity contribution >= 4 is 11.9 Å². The predicted molar refractivity (Wildman–Crippen MR) is 71.8 cm³/mol. The Morgan fingerprint density at radius 1 is 1.37 bits per heavy atom. The zero-order valence-corrected chi connectivity index (χ0v) is 11.3. The molecule has 7 heteroatoms. The van der Waals surface area contributed by atoms with Gasteiger partial charge in [0, 0.05) is 12.5 Å². The molecule has 1 aliphatic rings. The molecule has 1 aromatic rings. The van der Waals surface area contributed by atoms with E-state index in [-0.39, 0.29) is 30.1 Å². The van der Waals surface area contributed by atoms with E-state index in [1.54, 1.807) is 0 Å². The number of anilines is 2. The highest BCUT2D eigenvalue weighted by molar-refractivity contribution is 5.32. The minimum atomic E-state index is -0.238. The Hall–Kier alpha value is -1.63. The minimum absolute atomic E-state index is 0.0219. The van der Waals surface area contributed by atoms with Crippen molar-refractivity contribution in [3.05, 3.63) is 0 Å². The monoisotopic (exact) mass is 267 g/mol. The average molecular weight is 267 g/mol. The molecule has 0 radical (unpaired) electrons. The highest BCUT2D eigenvalue weighted by atomic mass is 16.5. The number of rotatable bonds is 5. The molecule has 1 aromatic heterocycles. The first-order chi connectivity index (χ1) is 9.04. The van der Waals surface area contributed by atoms with Crippen molar-refractivity contribution in [2.24, 2.45) is 5.92 Å². The van der Waals surface area contributed by atoms with Crippen molar-refractivity contribution in [2.45, 2.75) is 45.3 Å². The van der Waals surface area contributed by atoms with Crippen LogP contribution in [0.15, 0.2) is 0 Å². The maximum absolute atomic E-state index is 9.75. The van der Waals surface area contributed by atoms with Crippen LogP contribution in [0.2, 0.25) is 0 Å². The fraction of sp³-hybridized carbons (Fsp3) is 0.750. The second kappa shape index (κ2) is 6.01. The van der Waals surface area contributed by atoms with Crippen molar-refractivity contribution in [3.63, 3.8) is 0 Å². The molecule has 0 amide bonds. The molecule has 1 fully saturated rings. The summed E-state index contributed by atoms with van der Waals surface area (Å²) < 4.78 is 5.40. The van der Waals surface area contributed by atoms with Crippen molar-refractivity contribution < 1.29 is 9.84 Å². The van der Waals surface area contributed by atoms with Crippen molar-refractivity contribution in [2.75, 3.05) is 17.6 Å². The van der Waals surface area contributed by atoms with Crippen LogP contribution in [-0.4, -0.2) is 38.8 Å². The molecule has 0 aromatic carbocycles. The Balaban J connectivity index is 1.97. The molecule has 1 saturated carbocycles. The predicted octanol–water partition coefficient (Wildman–Crippen LogP) is 0.814. The van der Waals surface area contributed by atoms with Crippen LogP contribution >= 0.6 is 0 Å². The molecule has 106 valence electrons.